The number of methoxy groups -OCH3 is 1. The van der Waals surface area contributed by atoms with E-state index in [1.807, 2.05) is 56.3 Å². The Morgan fingerprint density at radius 2 is 1.74 bits per heavy atom. The molecule has 1 N–H and O–H groups in total. The van der Waals surface area contributed by atoms with Crippen molar-refractivity contribution in [1.82, 2.24) is 0 Å². The molecule has 3 aromatic carbocycles. The Hall–Kier alpha value is -3.80. The fourth-order valence-corrected chi connectivity index (χ4v) is 3.11. The van der Waals surface area contributed by atoms with Crippen molar-refractivity contribution < 1.29 is 23.8 Å². The molecule has 0 unspecified atom stereocenters. The summed E-state index contributed by atoms with van der Waals surface area (Å²) in [5.41, 5.74) is 2.67. The number of carbonyl (C=O) groups excluding carboxylic acids is 2. The molecule has 0 saturated heterocycles. The molecule has 6 nitrogen and oxygen atoms in total. The highest BCUT2D eigenvalue weighted by molar-refractivity contribution is 5.96. The van der Waals surface area contributed by atoms with Crippen molar-refractivity contribution in [2.75, 3.05) is 19.0 Å². The monoisotopic (exact) mass is 419 g/mol. The molecular formula is C25H25NO5. The van der Waals surface area contributed by atoms with Crippen molar-refractivity contribution in [3.63, 3.8) is 0 Å². The van der Waals surface area contributed by atoms with Gasteiger partial charge >= 0.3 is 0 Å². The number of hydrogen-bond donors (Lipinski definition) is 1. The molecule has 3 aromatic rings. The Morgan fingerprint density at radius 3 is 2.42 bits per heavy atom. The van der Waals surface area contributed by atoms with Gasteiger partial charge in [-0.25, -0.2) is 0 Å². The fourth-order valence-electron chi connectivity index (χ4n) is 3.11. The first kappa shape index (κ1) is 21.9. The molecule has 0 radical (unpaired) electrons. The standard InChI is InChI=1S/C25H25NO5/c1-4-30-23-15-18(16-27)11-13-22(23)31-24(19-8-6-5-7-9-19)25(28)26-20-14-17(2)10-12-21(20)29-3/h5-16,24H,4H2,1-3H3,(H,26,28)/t24-/m1/s1. The quantitative estimate of drug-likeness (QED) is 0.496. The van der Waals surface area contributed by atoms with E-state index in [-0.39, 0.29) is 5.91 Å². The summed E-state index contributed by atoms with van der Waals surface area (Å²) in [6, 6.07) is 19.6. The van der Waals surface area contributed by atoms with Crippen LogP contribution in [-0.4, -0.2) is 25.9 Å². The highest BCUT2D eigenvalue weighted by Gasteiger charge is 2.25. The van der Waals surface area contributed by atoms with Gasteiger partial charge in [0.1, 0.15) is 12.0 Å². The summed E-state index contributed by atoms with van der Waals surface area (Å²) in [5.74, 6) is 0.953. The first-order valence-corrected chi connectivity index (χ1v) is 9.94. The zero-order chi connectivity index (χ0) is 22.2. The van der Waals surface area contributed by atoms with E-state index in [1.165, 1.54) is 0 Å². The molecule has 3 rings (SSSR count). The van der Waals surface area contributed by atoms with Crippen LogP contribution in [0.2, 0.25) is 0 Å². The number of amides is 1. The number of rotatable bonds is 9. The third-order valence-corrected chi connectivity index (χ3v) is 4.60. The van der Waals surface area contributed by atoms with Crippen molar-refractivity contribution in [1.29, 1.82) is 0 Å². The van der Waals surface area contributed by atoms with Gasteiger partial charge in [-0.05, 0) is 49.7 Å². The van der Waals surface area contributed by atoms with Crippen LogP contribution in [0.4, 0.5) is 5.69 Å². The number of ether oxygens (including phenoxy) is 3. The molecule has 0 spiro atoms. The molecule has 0 aromatic heterocycles. The molecular weight excluding hydrogens is 394 g/mol. The average Bonchev–Trinajstić information content (AvgIpc) is 2.79. The zero-order valence-corrected chi connectivity index (χ0v) is 17.8. The zero-order valence-electron chi connectivity index (χ0n) is 17.8. The Labute approximate surface area is 181 Å². The van der Waals surface area contributed by atoms with Gasteiger partial charge in [-0.3, -0.25) is 9.59 Å². The normalized spacial score (nSPS) is 11.3. The minimum absolute atomic E-state index is 0.364. The van der Waals surface area contributed by atoms with Crippen LogP contribution in [0.25, 0.3) is 0 Å². The minimum Gasteiger partial charge on any atom is -0.495 e. The SMILES string of the molecule is CCOc1cc(C=O)ccc1O[C@@H](C(=O)Nc1cc(C)ccc1OC)c1ccccc1. The van der Waals surface area contributed by atoms with Gasteiger partial charge in [-0.1, -0.05) is 36.4 Å². The lowest BCUT2D eigenvalue weighted by Gasteiger charge is -2.21. The maximum absolute atomic E-state index is 13.3. The average molecular weight is 419 g/mol. The van der Waals surface area contributed by atoms with Crippen LogP contribution >= 0.6 is 0 Å². The van der Waals surface area contributed by atoms with Crippen LogP contribution in [0.3, 0.4) is 0 Å². The van der Waals surface area contributed by atoms with Gasteiger partial charge < -0.3 is 19.5 Å². The first-order chi connectivity index (χ1) is 15.0. The van der Waals surface area contributed by atoms with Crippen LogP contribution in [0.15, 0.2) is 66.7 Å². The van der Waals surface area contributed by atoms with Crippen molar-refractivity contribution in [3.8, 4) is 17.2 Å². The summed E-state index contributed by atoms with van der Waals surface area (Å²) in [7, 11) is 1.55. The molecule has 0 aliphatic heterocycles. The fraction of sp³-hybridized carbons (Fsp3) is 0.200. The number of benzene rings is 3. The van der Waals surface area contributed by atoms with Crippen molar-refractivity contribution in [2.24, 2.45) is 0 Å². The second-order valence-electron chi connectivity index (χ2n) is 6.86. The van der Waals surface area contributed by atoms with E-state index in [9.17, 15) is 9.59 Å². The second kappa shape index (κ2) is 10.3. The van der Waals surface area contributed by atoms with Crippen LogP contribution < -0.4 is 19.5 Å². The molecule has 0 saturated carbocycles. The summed E-state index contributed by atoms with van der Waals surface area (Å²) in [4.78, 5) is 24.4. The van der Waals surface area contributed by atoms with Gasteiger partial charge in [0.05, 0.1) is 19.4 Å². The van der Waals surface area contributed by atoms with Crippen molar-refractivity contribution >= 4 is 17.9 Å². The number of aryl methyl sites for hydroxylation is 1. The molecule has 0 aliphatic rings. The number of aldehydes is 1. The van der Waals surface area contributed by atoms with E-state index >= 15 is 0 Å². The summed E-state index contributed by atoms with van der Waals surface area (Å²) in [6.07, 6.45) is -0.217. The molecule has 6 heteroatoms. The second-order valence-corrected chi connectivity index (χ2v) is 6.86. The predicted molar refractivity (Wildman–Crippen MR) is 119 cm³/mol. The summed E-state index contributed by atoms with van der Waals surface area (Å²) < 4.78 is 17.1. The highest BCUT2D eigenvalue weighted by Crippen LogP contribution is 2.34. The Kier molecular flexibility index (Phi) is 7.27. The van der Waals surface area contributed by atoms with E-state index in [2.05, 4.69) is 5.32 Å². The van der Waals surface area contributed by atoms with E-state index in [4.69, 9.17) is 14.2 Å². The van der Waals surface area contributed by atoms with E-state index in [0.717, 1.165) is 11.8 Å². The van der Waals surface area contributed by atoms with E-state index in [1.54, 1.807) is 31.4 Å². The van der Waals surface area contributed by atoms with Gasteiger partial charge in [0.2, 0.25) is 6.10 Å². The molecule has 160 valence electrons. The molecule has 1 atom stereocenters. The van der Waals surface area contributed by atoms with Crippen LogP contribution in [-0.2, 0) is 4.79 Å². The van der Waals surface area contributed by atoms with E-state index < -0.39 is 6.10 Å². The van der Waals surface area contributed by atoms with Gasteiger partial charge in [-0.15, -0.1) is 0 Å². The maximum atomic E-state index is 13.3. The largest absolute Gasteiger partial charge is 0.495 e. The van der Waals surface area contributed by atoms with Gasteiger partial charge in [0.25, 0.3) is 5.91 Å². The summed E-state index contributed by atoms with van der Waals surface area (Å²) in [6.45, 7) is 4.16. The smallest absolute Gasteiger partial charge is 0.270 e. The molecule has 1 amide bonds. The summed E-state index contributed by atoms with van der Waals surface area (Å²) >= 11 is 0. The number of hydrogen-bond acceptors (Lipinski definition) is 5. The van der Waals surface area contributed by atoms with Crippen molar-refractivity contribution in [3.05, 3.63) is 83.4 Å². The first-order valence-electron chi connectivity index (χ1n) is 9.94. The molecule has 31 heavy (non-hydrogen) atoms. The number of carbonyl (C=O) groups is 2. The number of anilines is 1. The van der Waals surface area contributed by atoms with Crippen LogP contribution in [0.5, 0.6) is 17.2 Å². The van der Waals surface area contributed by atoms with Crippen LogP contribution in [0, 0.1) is 6.92 Å². The van der Waals surface area contributed by atoms with Gasteiger partial charge in [0.15, 0.2) is 11.5 Å². The third kappa shape index (κ3) is 5.42. The highest BCUT2D eigenvalue weighted by atomic mass is 16.5. The van der Waals surface area contributed by atoms with E-state index in [0.29, 0.717) is 40.7 Å². The molecule has 0 fully saturated rings. The predicted octanol–water partition coefficient (Wildman–Crippen LogP) is 4.97. The van der Waals surface area contributed by atoms with Crippen LogP contribution in [0.1, 0.15) is 34.5 Å². The van der Waals surface area contributed by atoms with Crippen molar-refractivity contribution in [2.45, 2.75) is 20.0 Å². The Balaban J connectivity index is 1.96. The Bertz CT molecular complexity index is 1050. The molecule has 0 bridgehead atoms. The molecule has 0 heterocycles. The summed E-state index contributed by atoms with van der Waals surface area (Å²) in [5, 5.41) is 2.91. The minimum atomic E-state index is -0.951. The number of nitrogens with one attached hydrogen (secondary N) is 1. The lowest BCUT2D eigenvalue weighted by molar-refractivity contribution is -0.123. The lowest BCUT2D eigenvalue weighted by Crippen LogP contribution is -2.26. The molecule has 0 aliphatic carbocycles. The van der Waals surface area contributed by atoms with Gasteiger partial charge in [0, 0.05) is 11.1 Å². The Morgan fingerprint density at radius 1 is 1.00 bits per heavy atom. The maximum Gasteiger partial charge on any atom is 0.270 e. The third-order valence-electron chi connectivity index (χ3n) is 4.60. The lowest BCUT2D eigenvalue weighted by atomic mass is 10.1. The topological polar surface area (TPSA) is 73.9 Å². The van der Waals surface area contributed by atoms with Gasteiger partial charge in [-0.2, -0.15) is 0 Å².